The van der Waals surface area contributed by atoms with E-state index in [1.54, 1.807) is 19.3 Å². The van der Waals surface area contributed by atoms with Crippen LogP contribution in [0.25, 0.3) is 0 Å². The summed E-state index contributed by atoms with van der Waals surface area (Å²) in [7, 11) is 1.65. The first-order valence-corrected chi connectivity index (χ1v) is 6.84. The Balaban J connectivity index is 1.82. The number of nitrogens with zero attached hydrogens (tertiary/aromatic N) is 1. The van der Waals surface area contributed by atoms with E-state index in [1.165, 1.54) is 10.6 Å². The van der Waals surface area contributed by atoms with Crippen molar-refractivity contribution >= 4 is 5.91 Å². The van der Waals surface area contributed by atoms with E-state index in [9.17, 15) is 9.59 Å². The molecule has 1 N–H and O–H groups in total. The fraction of sp³-hybridized carbons (Fsp3) is 0.250. The molecule has 0 saturated heterocycles. The minimum Gasteiger partial charge on any atom is -0.493 e. The van der Waals surface area contributed by atoms with Crippen LogP contribution in [0.1, 0.15) is 28.4 Å². The summed E-state index contributed by atoms with van der Waals surface area (Å²) < 4.78 is 7.00. The highest BCUT2D eigenvalue weighted by molar-refractivity contribution is 5.94. The monoisotopic (exact) mass is 284 g/mol. The van der Waals surface area contributed by atoms with Crippen molar-refractivity contribution in [2.75, 3.05) is 6.61 Å². The maximum absolute atomic E-state index is 12.3. The van der Waals surface area contributed by atoms with Crippen LogP contribution in [0.5, 0.6) is 5.75 Å². The van der Waals surface area contributed by atoms with Crippen LogP contribution in [-0.2, 0) is 7.05 Å². The molecule has 0 saturated carbocycles. The number of aryl methyl sites for hydroxylation is 1. The second-order valence-corrected chi connectivity index (χ2v) is 5.07. The van der Waals surface area contributed by atoms with Crippen molar-refractivity contribution in [3.8, 4) is 5.75 Å². The normalized spacial score (nSPS) is 16.7. The Morgan fingerprint density at radius 1 is 1.33 bits per heavy atom. The van der Waals surface area contributed by atoms with Crippen molar-refractivity contribution in [1.82, 2.24) is 9.88 Å². The Labute approximate surface area is 122 Å². The van der Waals surface area contributed by atoms with Gasteiger partial charge in [0.05, 0.1) is 12.6 Å². The van der Waals surface area contributed by atoms with Crippen LogP contribution in [0.2, 0.25) is 0 Å². The summed E-state index contributed by atoms with van der Waals surface area (Å²) in [5, 5.41) is 2.97. The zero-order valence-corrected chi connectivity index (χ0v) is 11.7. The van der Waals surface area contributed by atoms with Crippen LogP contribution in [0.15, 0.2) is 47.4 Å². The number of para-hydroxylation sites is 1. The largest absolute Gasteiger partial charge is 0.493 e. The smallest absolute Gasteiger partial charge is 0.252 e. The molecule has 1 aliphatic heterocycles. The third-order valence-electron chi connectivity index (χ3n) is 3.63. The Hall–Kier alpha value is -2.56. The zero-order chi connectivity index (χ0) is 14.8. The molecule has 108 valence electrons. The van der Waals surface area contributed by atoms with E-state index in [0.717, 1.165) is 11.3 Å². The van der Waals surface area contributed by atoms with Gasteiger partial charge in [-0.25, -0.2) is 0 Å². The van der Waals surface area contributed by atoms with Gasteiger partial charge in [0, 0.05) is 36.9 Å². The van der Waals surface area contributed by atoms with Crippen molar-refractivity contribution < 1.29 is 9.53 Å². The summed E-state index contributed by atoms with van der Waals surface area (Å²) in [6.07, 6.45) is 2.31. The molecule has 1 amide bonds. The van der Waals surface area contributed by atoms with Gasteiger partial charge < -0.3 is 14.6 Å². The molecule has 0 bridgehead atoms. The molecule has 0 aliphatic carbocycles. The average Bonchev–Trinajstić information content (AvgIpc) is 2.50. The van der Waals surface area contributed by atoms with Crippen LogP contribution in [0.4, 0.5) is 0 Å². The van der Waals surface area contributed by atoms with E-state index < -0.39 is 0 Å². The third-order valence-corrected chi connectivity index (χ3v) is 3.63. The zero-order valence-electron chi connectivity index (χ0n) is 11.7. The van der Waals surface area contributed by atoms with Crippen LogP contribution in [0, 0.1) is 0 Å². The quantitative estimate of drug-likeness (QED) is 0.912. The summed E-state index contributed by atoms with van der Waals surface area (Å²) in [5.41, 5.74) is 1.15. The third kappa shape index (κ3) is 2.67. The lowest BCUT2D eigenvalue weighted by molar-refractivity contribution is 0.0924. The summed E-state index contributed by atoms with van der Waals surface area (Å²) in [4.78, 5) is 23.9. The van der Waals surface area contributed by atoms with Gasteiger partial charge >= 0.3 is 0 Å². The fourth-order valence-corrected chi connectivity index (χ4v) is 2.42. The lowest BCUT2D eigenvalue weighted by Gasteiger charge is -2.26. The number of rotatable bonds is 2. The van der Waals surface area contributed by atoms with Gasteiger partial charge in [0.2, 0.25) is 0 Å². The average molecular weight is 284 g/mol. The minimum absolute atomic E-state index is 0.0912. The van der Waals surface area contributed by atoms with E-state index in [0.29, 0.717) is 18.6 Å². The van der Waals surface area contributed by atoms with Gasteiger partial charge in [-0.15, -0.1) is 0 Å². The molecular weight excluding hydrogens is 268 g/mol. The predicted octanol–water partition coefficient (Wildman–Crippen LogP) is 1.64. The van der Waals surface area contributed by atoms with Gasteiger partial charge in [-0.3, -0.25) is 9.59 Å². The van der Waals surface area contributed by atoms with E-state index in [2.05, 4.69) is 5.32 Å². The Kier molecular flexibility index (Phi) is 3.48. The van der Waals surface area contributed by atoms with Gasteiger partial charge in [0.1, 0.15) is 5.75 Å². The van der Waals surface area contributed by atoms with E-state index in [-0.39, 0.29) is 17.5 Å². The van der Waals surface area contributed by atoms with Gasteiger partial charge in [-0.2, -0.15) is 0 Å². The maximum atomic E-state index is 12.3. The van der Waals surface area contributed by atoms with Crippen LogP contribution < -0.4 is 15.6 Å². The molecule has 0 fully saturated rings. The second-order valence-electron chi connectivity index (χ2n) is 5.07. The number of carbonyl (C=O) groups is 1. The molecule has 0 radical (unpaired) electrons. The molecule has 0 spiro atoms. The Morgan fingerprint density at radius 3 is 2.95 bits per heavy atom. The van der Waals surface area contributed by atoms with Crippen molar-refractivity contribution in [1.29, 1.82) is 0 Å². The number of aromatic nitrogens is 1. The highest BCUT2D eigenvalue weighted by Gasteiger charge is 2.23. The van der Waals surface area contributed by atoms with Crippen LogP contribution in [-0.4, -0.2) is 17.1 Å². The fourth-order valence-electron chi connectivity index (χ4n) is 2.42. The van der Waals surface area contributed by atoms with Gasteiger partial charge in [-0.1, -0.05) is 18.2 Å². The molecule has 1 atom stereocenters. The predicted molar refractivity (Wildman–Crippen MR) is 78.4 cm³/mol. The molecule has 2 aromatic rings. The van der Waals surface area contributed by atoms with Crippen LogP contribution >= 0.6 is 0 Å². The topological polar surface area (TPSA) is 60.3 Å². The molecule has 21 heavy (non-hydrogen) atoms. The number of pyridine rings is 1. The van der Waals surface area contributed by atoms with Gasteiger partial charge in [-0.05, 0) is 12.1 Å². The minimum atomic E-state index is -0.241. The summed E-state index contributed by atoms with van der Waals surface area (Å²) in [6, 6.07) is 10.6. The summed E-state index contributed by atoms with van der Waals surface area (Å²) >= 11 is 0. The Bertz CT molecular complexity index is 736. The van der Waals surface area contributed by atoms with Crippen molar-refractivity contribution in [2.24, 2.45) is 7.05 Å². The lowest BCUT2D eigenvalue weighted by Crippen LogP contribution is -2.33. The molecular formula is C16H16N2O3. The van der Waals surface area contributed by atoms with Crippen molar-refractivity contribution in [3.05, 3.63) is 64.1 Å². The highest BCUT2D eigenvalue weighted by Crippen LogP contribution is 2.31. The molecule has 1 unspecified atom stereocenters. The first-order valence-electron chi connectivity index (χ1n) is 6.84. The number of hydrogen-bond acceptors (Lipinski definition) is 3. The maximum Gasteiger partial charge on any atom is 0.252 e. The summed E-state index contributed by atoms with van der Waals surface area (Å²) in [6.45, 7) is 0.568. The first-order chi connectivity index (χ1) is 10.1. The SMILES string of the molecule is Cn1ccc(C(=O)NC2CCOc3ccccc32)cc1=O. The number of carbonyl (C=O) groups excluding carboxylic acids is 1. The Morgan fingerprint density at radius 2 is 2.14 bits per heavy atom. The van der Waals surface area contributed by atoms with Gasteiger partial charge in [0.25, 0.3) is 11.5 Å². The summed E-state index contributed by atoms with van der Waals surface area (Å²) in [5.74, 6) is 0.562. The van der Waals surface area contributed by atoms with Gasteiger partial charge in [0.15, 0.2) is 0 Å². The van der Waals surface area contributed by atoms with Crippen molar-refractivity contribution in [2.45, 2.75) is 12.5 Å². The molecule has 3 rings (SSSR count). The standard InChI is InChI=1S/C16H16N2O3/c1-18-8-6-11(10-15(18)19)16(20)17-13-7-9-21-14-5-3-2-4-12(13)14/h2-6,8,10,13H,7,9H2,1H3,(H,17,20). The number of nitrogens with one attached hydrogen (secondary N) is 1. The first kappa shape index (κ1) is 13.4. The molecule has 5 heteroatoms. The lowest BCUT2D eigenvalue weighted by atomic mass is 10.0. The number of hydrogen-bond donors (Lipinski definition) is 1. The van der Waals surface area contributed by atoms with E-state index in [4.69, 9.17) is 4.74 Å². The number of fused-ring (bicyclic) bond motifs is 1. The number of amides is 1. The van der Waals surface area contributed by atoms with Crippen LogP contribution in [0.3, 0.4) is 0 Å². The molecule has 5 nitrogen and oxygen atoms in total. The van der Waals surface area contributed by atoms with E-state index >= 15 is 0 Å². The molecule has 1 aromatic carbocycles. The number of ether oxygens (including phenoxy) is 1. The number of benzene rings is 1. The second kappa shape index (κ2) is 5.44. The van der Waals surface area contributed by atoms with E-state index in [1.807, 2.05) is 24.3 Å². The highest BCUT2D eigenvalue weighted by atomic mass is 16.5. The molecule has 1 aromatic heterocycles. The molecule has 2 heterocycles. The van der Waals surface area contributed by atoms with Crippen molar-refractivity contribution in [3.63, 3.8) is 0 Å². The molecule has 1 aliphatic rings.